The summed E-state index contributed by atoms with van der Waals surface area (Å²) in [7, 11) is 0. The Morgan fingerprint density at radius 1 is 0.947 bits per heavy atom. The Morgan fingerprint density at radius 2 is 1.55 bits per heavy atom. The van der Waals surface area contributed by atoms with E-state index in [0.717, 1.165) is 0 Å². The molecule has 1 aromatic carbocycles. The fraction of sp³-hybridized carbons (Fsp3) is 0.417. The number of imidazole rings is 1. The lowest BCUT2D eigenvalue weighted by molar-refractivity contribution is -0.142. The summed E-state index contributed by atoms with van der Waals surface area (Å²) in [5.74, 6) is -4.30. The fourth-order valence-electron chi connectivity index (χ4n) is 3.48. The number of carboxylic acid groups (broad SMARTS) is 2. The predicted molar refractivity (Wildman–Crippen MR) is 139 cm³/mol. The Balaban J connectivity index is 2.25. The zero-order valence-corrected chi connectivity index (χ0v) is 21.6. The van der Waals surface area contributed by atoms with E-state index in [1.807, 2.05) is 6.26 Å². The van der Waals surface area contributed by atoms with E-state index in [2.05, 4.69) is 25.9 Å². The number of amides is 3. The summed E-state index contributed by atoms with van der Waals surface area (Å²) in [6, 6.07) is 3.79. The van der Waals surface area contributed by atoms with Crippen LogP contribution in [0.1, 0.15) is 24.1 Å². The Morgan fingerprint density at radius 3 is 2.11 bits per heavy atom. The second-order valence-corrected chi connectivity index (χ2v) is 9.46. The number of carboxylic acids is 2. The van der Waals surface area contributed by atoms with E-state index < -0.39 is 60.2 Å². The number of benzene rings is 1. The van der Waals surface area contributed by atoms with Crippen LogP contribution in [-0.4, -0.2) is 86.0 Å². The summed E-state index contributed by atoms with van der Waals surface area (Å²) in [6.07, 6.45) is 4.21. The van der Waals surface area contributed by atoms with Crippen molar-refractivity contribution >= 4 is 41.4 Å². The maximum atomic E-state index is 13.4. The number of hydrogen-bond acceptors (Lipinski definition) is 8. The van der Waals surface area contributed by atoms with Gasteiger partial charge in [-0.25, -0.2) is 9.78 Å². The molecule has 1 heterocycles. The zero-order valence-electron chi connectivity index (χ0n) is 20.8. The van der Waals surface area contributed by atoms with Crippen molar-refractivity contribution in [2.75, 3.05) is 12.0 Å². The Bertz CT molecular complexity index is 1080. The first-order valence-corrected chi connectivity index (χ1v) is 13.1. The van der Waals surface area contributed by atoms with Gasteiger partial charge in [-0.1, -0.05) is 30.3 Å². The number of aliphatic carboxylic acids is 2. The topological polar surface area (TPSA) is 217 Å². The standard InChI is InChI=1S/C24H32N6O7S/c1-38-8-7-17(24(36)37)28-23(35)19(10-15-12-26-13-27-15)30-22(34)18(9-14-5-3-2-4-6-14)29-21(33)16(25)11-20(31)32/h2-6,12-13,16-19H,7-11,25H2,1H3,(H,26,27)(H,28,35)(H,29,33)(H,30,34)(H,31,32)(H,36,37). The number of thioether (sulfide) groups is 1. The second-order valence-electron chi connectivity index (χ2n) is 8.48. The molecule has 0 aliphatic carbocycles. The monoisotopic (exact) mass is 548 g/mol. The molecule has 0 bridgehead atoms. The van der Waals surface area contributed by atoms with Gasteiger partial charge in [0.15, 0.2) is 0 Å². The molecule has 4 atom stereocenters. The van der Waals surface area contributed by atoms with E-state index in [1.165, 1.54) is 24.3 Å². The number of hydrogen-bond donors (Lipinski definition) is 7. The van der Waals surface area contributed by atoms with Gasteiger partial charge in [-0.15, -0.1) is 0 Å². The lowest BCUT2D eigenvalue weighted by atomic mass is 10.0. The molecule has 0 fully saturated rings. The van der Waals surface area contributed by atoms with Crippen LogP contribution in [0.3, 0.4) is 0 Å². The molecule has 38 heavy (non-hydrogen) atoms. The Kier molecular flexibility index (Phi) is 12.3. The number of nitrogens with zero attached hydrogens (tertiary/aromatic N) is 1. The number of nitrogens with two attached hydrogens (primary N) is 1. The Hall–Kier alpha value is -3.91. The molecule has 0 spiro atoms. The summed E-state index contributed by atoms with van der Waals surface area (Å²) in [5, 5.41) is 26.0. The van der Waals surface area contributed by atoms with Crippen molar-refractivity contribution in [2.45, 2.75) is 49.9 Å². The molecular weight excluding hydrogens is 516 g/mol. The molecule has 0 saturated carbocycles. The van der Waals surface area contributed by atoms with Gasteiger partial charge in [-0.05, 0) is 24.0 Å². The van der Waals surface area contributed by atoms with Gasteiger partial charge in [0.05, 0.1) is 18.8 Å². The highest BCUT2D eigenvalue weighted by molar-refractivity contribution is 7.98. The van der Waals surface area contributed by atoms with Crippen LogP contribution in [0.25, 0.3) is 0 Å². The van der Waals surface area contributed by atoms with E-state index >= 15 is 0 Å². The number of rotatable bonds is 16. The number of aromatic amines is 1. The summed E-state index contributed by atoms with van der Waals surface area (Å²) < 4.78 is 0. The van der Waals surface area contributed by atoms with Crippen molar-refractivity contribution in [3.63, 3.8) is 0 Å². The number of H-pyrrole nitrogens is 1. The van der Waals surface area contributed by atoms with Crippen molar-refractivity contribution in [2.24, 2.45) is 5.73 Å². The molecule has 14 heteroatoms. The van der Waals surface area contributed by atoms with Crippen LogP contribution in [0.15, 0.2) is 42.9 Å². The Labute approximate surface area is 223 Å². The van der Waals surface area contributed by atoms with Gasteiger partial charge in [-0.3, -0.25) is 19.2 Å². The third kappa shape index (κ3) is 10.2. The minimum Gasteiger partial charge on any atom is -0.481 e. The molecule has 2 rings (SSSR count). The average Bonchev–Trinajstić information content (AvgIpc) is 3.38. The van der Waals surface area contributed by atoms with Crippen LogP contribution in [-0.2, 0) is 36.8 Å². The third-order valence-electron chi connectivity index (χ3n) is 5.48. The van der Waals surface area contributed by atoms with Gasteiger partial charge in [-0.2, -0.15) is 11.8 Å². The fourth-order valence-corrected chi connectivity index (χ4v) is 3.95. The van der Waals surface area contributed by atoms with Crippen LogP contribution < -0.4 is 21.7 Å². The molecule has 0 aliphatic heterocycles. The second kappa shape index (κ2) is 15.4. The van der Waals surface area contributed by atoms with Crippen LogP contribution >= 0.6 is 11.8 Å². The van der Waals surface area contributed by atoms with Gasteiger partial charge < -0.3 is 36.9 Å². The van der Waals surface area contributed by atoms with Crippen molar-refractivity contribution in [1.29, 1.82) is 0 Å². The average molecular weight is 549 g/mol. The smallest absolute Gasteiger partial charge is 0.326 e. The maximum Gasteiger partial charge on any atom is 0.326 e. The highest BCUT2D eigenvalue weighted by Gasteiger charge is 2.31. The molecule has 0 radical (unpaired) electrons. The SMILES string of the molecule is CSCCC(NC(=O)C(Cc1cnc[nH]1)NC(=O)C(Cc1ccccc1)NC(=O)C(N)CC(=O)O)C(=O)O. The van der Waals surface area contributed by atoms with Gasteiger partial charge in [0.1, 0.15) is 18.1 Å². The van der Waals surface area contributed by atoms with Crippen molar-refractivity contribution < 1.29 is 34.2 Å². The van der Waals surface area contributed by atoms with Crippen LogP contribution in [0.5, 0.6) is 0 Å². The first-order chi connectivity index (χ1) is 18.1. The van der Waals surface area contributed by atoms with Gasteiger partial charge in [0, 0.05) is 24.7 Å². The summed E-state index contributed by atoms with van der Waals surface area (Å²) in [4.78, 5) is 68.4. The predicted octanol–water partition coefficient (Wildman–Crippen LogP) is -0.711. The highest BCUT2D eigenvalue weighted by atomic mass is 32.2. The van der Waals surface area contributed by atoms with E-state index in [4.69, 9.17) is 10.8 Å². The lowest BCUT2D eigenvalue weighted by Gasteiger charge is -2.25. The molecule has 0 aliphatic rings. The summed E-state index contributed by atoms with van der Waals surface area (Å²) in [5.41, 5.74) is 6.87. The van der Waals surface area contributed by atoms with Crippen molar-refractivity contribution in [3.8, 4) is 0 Å². The minimum absolute atomic E-state index is 0.0298. The molecule has 4 unspecified atom stereocenters. The molecule has 0 saturated heterocycles. The molecule has 2 aromatic rings. The molecule has 13 nitrogen and oxygen atoms in total. The van der Waals surface area contributed by atoms with E-state index in [-0.39, 0.29) is 19.3 Å². The third-order valence-corrected chi connectivity index (χ3v) is 6.13. The van der Waals surface area contributed by atoms with Crippen molar-refractivity contribution in [1.82, 2.24) is 25.9 Å². The van der Waals surface area contributed by atoms with Crippen LogP contribution in [0, 0.1) is 0 Å². The normalized spacial score (nSPS) is 13.9. The zero-order chi connectivity index (χ0) is 28.1. The van der Waals surface area contributed by atoms with E-state index in [1.54, 1.807) is 30.3 Å². The number of aromatic nitrogens is 2. The lowest BCUT2D eigenvalue weighted by Crippen LogP contribution is -2.58. The van der Waals surface area contributed by atoms with Crippen molar-refractivity contribution in [3.05, 3.63) is 54.1 Å². The molecule has 8 N–H and O–H groups in total. The van der Waals surface area contributed by atoms with Crippen LogP contribution in [0.4, 0.5) is 0 Å². The molecule has 3 amide bonds. The minimum atomic E-state index is -1.39. The molecule has 1 aromatic heterocycles. The molecule has 206 valence electrons. The number of carbonyl (C=O) groups excluding carboxylic acids is 3. The van der Waals surface area contributed by atoms with Gasteiger partial charge >= 0.3 is 11.9 Å². The molecular formula is C24H32N6O7S. The number of carbonyl (C=O) groups is 5. The van der Waals surface area contributed by atoms with Gasteiger partial charge in [0.2, 0.25) is 17.7 Å². The number of nitrogens with one attached hydrogen (secondary N) is 4. The summed E-state index contributed by atoms with van der Waals surface area (Å²) in [6.45, 7) is 0. The maximum absolute atomic E-state index is 13.4. The summed E-state index contributed by atoms with van der Waals surface area (Å²) >= 11 is 1.43. The first kappa shape index (κ1) is 30.3. The first-order valence-electron chi connectivity index (χ1n) is 11.7. The highest BCUT2D eigenvalue weighted by Crippen LogP contribution is 2.08. The largest absolute Gasteiger partial charge is 0.481 e. The van der Waals surface area contributed by atoms with E-state index in [0.29, 0.717) is 17.0 Å². The van der Waals surface area contributed by atoms with Crippen LogP contribution in [0.2, 0.25) is 0 Å². The van der Waals surface area contributed by atoms with E-state index in [9.17, 15) is 29.1 Å². The quantitative estimate of drug-likeness (QED) is 0.140. The van der Waals surface area contributed by atoms with Gasteiger partial charge in [0.25, 0.3) is 0 Å².